The lowest BCUT2D eigenvalue weighted by Gasteiger charge is -2.12. The third kappa shape index (κ3) is 5.59. The predicted octanol–water partition coefficient (Wildman–Crippen LogP) is 5.11. The van der Waals surface area contributed by atoms with Gasteiger partial charge in [-0.05, 0) is 60.5 Å². The fourth-order valence-electron chi connectivity index (χ4n) is 4.92. The van der Waals surface area contributed by atoms with Crippen LogP contribution in [0.1, 0.15) is 30.7 Å². The minimum Gasteiger partial charge on any atom is -0.353 e. The van der Waals surface area contributed by atoms with Crippen molar-refractivity contribution in [1.82, 2.24) is 30.1 Å². The minimum absolute atomic E-state index is 0.0811. The van der Waals surface area contributed by atoms with Gasteiger partial charge in [0.2, 0.25) is 5.91 Å². The fourth-order valence-corrected chi connectivity index (χ4v) is 5.55. The van der Waals surface area contributed by atoms with Gasteiger partial charge >= 0.3 is 0 Å². The molecule has 43 heavy (non-hydrogen) atoms. The molecule has 11 nitrogen and oxygen atoms in total. The van der Waals surface area contributed by atoms with E-state index < -0.39 is 21.0 Å². The van der Waals surface area contributed by atoms with Crippen LogP contribution in [0, 0.1) is 5.82 Å². The van der Waals surface area contributed by atoms with Gasteiger partial charge in [0.25, 0.3) is 0 Å². The Bertz CT molecular complexity index is 2120. The first kappa shape index (κ1) is 28.1. The Morgan fingerprint density at radius 1 is 1.05 bits per heavy atom. The number of sulfone groups is 1. The van der Waals surface area contributed by atoms with Crippen LogP contribution in [-0.2, 0) is 14.6 Å². The highest BCUT2D eigenvalue weighted by Crippen LogP contribution is 2.34. The highest BCUT2D eigenvalue weighted by Gasteiger charge is 2.21. The van der Waals surface area contributed by atoms with Gasteiger partial charge in [0.15, 0.2) is 9.84 Å². The molecule has 0 fully saturated rings. The van der Waals surface area contributed by atoms with E-state index in [1.54, 1.807) is 24.7 Å². The maximum atomic E-state index is 14.6. The molecule has 1 atom stereocenters. The van der Waals surface area contributed by atoms with Crippen LogP contribution >= 0.6 is 0 Å². The van der Waals surface area contributed by atoms with Crippen LogP contribution in [0.5, 0.6) is 0 Å². The third-order valence-corrected chi connectivity index (χ3v) is 8.18. The molecule has 6 aromatic rings. The van der Waals surface area contributed by atoms with Gasteiger partial charge in [-0.1, -0.05) is 6.92 Å². The summed E-state index contributed by atoms with van der Waals surface area (Å²) >= 11 is 0. The van der Waals surface area contributed by atoms with E-state index in [-0.39, 0.29) is 11.5 Å². The molecule has 1 amide bonds. The molecule has 5 N–H and O–H groups in total. The molecule has 0 spiro atoms. The molecule has 5 aromatic heterocycles. The number of hydrogen-bond donors (Lipinski definition) is 4. The maximum Gasteiger partial charge on any atom is 0.224 e. The minimum atomic E-state index is -3.65. The summed E-state index contributed by atoms with van der Waals surface area (Å²) in [5.74, 6) is -0.706. The predicted molar refractivity (Wildman–Crippen MR) is 163 cm³/mol. The van der Waals surface area contributed by atoms with E-state index >= 15 is 0 Å². The number of rotatable bonds is 8. The van der Waals surface area contributed by atoms with Crippen molar-refractivity contribution in [3.05, 3.63) is 78.5 Å². The summed E-state index contributed by atoms with van der Waals surface area (Å²) < 4.78 is 38.7. The molecule has 0 aliphatic carbocycles. The van der Waals surface area contributed by atoms with E-state index in [0.717, 1.165) is 24.3 Å². The number of aromatic nitrogens is 6. The number of benzene rings is 1. The highest BCUT2D eigenvalue weighted by atomic mass is 32.2. The number of nitrogens with one attached hydrogen (secondary N) is 3. The van der Waals surface area contributed by atoms with Crippen molar-refractivity contribution in [2.75, 3.05) is 11.6 Å². The second kappa shape index (κ2) is 11.0. The van der Waals surface area contributed by atoms with Crippen LogP contribution in [0.25, 0.3) is 55.8 Å². The zero-order valence-electron chi connectivity index (χ0n) is 23.2. The number of nitrogens with two attached hydrogens (primary N) is 1. The number of halogens is 1. The van der Waals surface area contributed by atoms with Gasteiger partial charge in [-0.2, -0.15) is 5.10 Å². The van der Waals surface area contributed by atoms with E-state index in [2.05, 4.69) is 30.5 Å². The Hall–Kier alpha value is -5.01. The number of carbonyl (C=O) groups is 1. The Labute approximate surface area is 245 Å². The van der Waals surface area contributed by atoms with Gasteiger partial charge in [0, 0.05) is 47.1 Å². The Morgan fingerprint density at radius 3 is 2.67 bits per heavy atom. The summed E-state index contributed by atoms with van der Waals surface area (Å²) in [6.45, 7) is 1.94. The first-order valence-electron chi connectivity index (χ1n) is 13.4. The summed E-state index contributed by atoms with van der Waals surface area (Å²) in [7, 11) is -3.65. The average molecular weight is 599 g/mol. The smallest absolute Gasteiger partial charge is 0.224 e. The molecule has 0 aliphatic rings. The molecule has 1 aromatic carbocycles. The molecule has 0 saturated carbocycles. The monoisotopic (exact) mass is 598 g/mol. The number of H-pyrrole nitrogens is 2. The van der Waals surface area contributed by atoms with Crippen molar-refractivity contribution in [1.29, 1.82) is 0 Å². The van der Waals surface area contributed by atoms with Gasteiger partial charge in [0.1, 0.15) is 22.4 Å². The van der Waals surface area contributed by atoms with E-state index in [4.69, 9.17) is 10.7 Å². The van der Waals surface area contributed by atoms with E-state index in [9.17, 15) is 17.6 Å². The molecule has 5 heterocycles. The first-order valence-corrected chi connectivity index (χ1v) is 15.4. The third-order valence-electron chi connectivity index (χ3n) is 6.99. The van der Waals surface area contributed by atoms with Crippen molar-refractivity contribution in [2.45, 2.75) is 25.1 Å². The average Bonchev–Trinajstić information content (AvgIpc) is 3.60. The molecular formula is C30H27FN8O3S. The van der Waals surface area contributed by atoms with Crippen LogP contribution in [0.3, 0.4) is 0 Å². The Balaban J connectivity index is 1.40. The number of amides is 1. The van der Waals surface area contributed by atoms with Gasteiger partial charge in [-0.25, -0.2) is 17.8 Å². The van der Waals surface area contributed by atoms with E-state index in [1.165, 1.54) is 12.1 Å². The van der Waals surface area contributed by atoms with Crippen molar-refractivity contribution >= 4 is 43.4 Å². The van der Waals surface area contributed by atoms with Crippen molar-refractivity contribution in [2.24, 2.45) is 5.73 Å². The van der Waals surface area contributed by atoms with Crippen LogP contribution in [0.2, 0.25) is 0 Å². The second-order valence-electron chi connectivity index (χ2n) is 10.3. The first-order chi connectivity index (χ1) is 20.6. The summed E-state index contributed by atoms with van der Waals surface area (Å²) in [5, 5.41) is 9.67. The zero-order valence-corrected chi connectivity index (χ0v) is 24.0. The van der Waals surface area contributed by atoms with Gasteiger partial charge in [0.05, 0.1) is 34.5 Å². The maximum absolute atomic E-state index is 14.6. The number of aromatic amines is 2. The molecule has 218 valence electrons. The zero-order chi connectivity index (χ0) is 30.3. The van der Waals surface area contributed by atoms with Gasteiger partial charge < -0.3 is 16.0 Å². The van der Waals surface area contributed by atoms with Crippen LogP contribution in [-0.4, -0.2) is 50.7 Å². The van der Waals surface area contributed by atoms with Crippen LogP contribution < -0.4 is 11.1 Å². The normalized spacial score (nSPS) is 12.6. The second-order valence-corrected chi connectivity index (χ2v) is 12.4. The number of carbonyl (C=O) groups excluding carboxylic acids is 1. The number of anilines is 1. The van der Waals surface area contributed by atoms with Gasteiger partial charge in [-0.3, -0.25) is 19.9 Å². The fraction of sp³-hybridized carbons (Fsp3) is 0.167. The molecular weight excluding hydrogens is 571 g/mol. The molecule has 6 rings (SSSR count). The van der Waals surface area contributed by atoms with Crippen LogP contribution in [0.4, 0.5) is 10.1 Å². The standard InChI is InChI=1S/C30H27FN8O3S/c1-3-4-26(40)35-20-12-18(14-33-15-20)22-5-6-24-28(37-22)29(39-38-24)25-13-21-23(36-25)7-8-34-27(21)16-9-17(11-19(31)10-16)30(32)43(2,41)42/h5-15,30,36H,3-4,32H2,1-2H3,(H,35,40)(H,38,39). The lowest BCUT2D eigenvalue weighted by molar-refractivity contribution is -0.116. The van der Waals surface area contributed by atoms with E-state index in [1.807, 2.05) is 31.2 Å². The highest BCUT2D eigenvalue weighted by molar-refractivity contribution is 7.90. The number of pyridine rings is 3. The molecule has 0 saturated heterocycles. The van der Waals surface area contributed by atoms with Crippen LogP contribution in [0.15, 0.2) is 67.1 Å². The molecule has 0 bridgehead atoms. The SMILES string of the molecule is CCCC(=O)Nc1cncc(-c2ccc3[nH]nc(-c4cc5c(-c6cc(F)cc(C(N)S(C)(=O)=O)c6)nccc5[nH]4)c3n2)c1. The summed E-state index contributed by atoms with van der Waals surface area (Å²) in [6.07, 6.45) is 7.01. The molecule has 0 radical (unpaired) electrons. The molecule has 1 unspecified atom stereocenters. The number of hydrogen-bond acceptors (Lipinski definition) is 8. The van der Waals surface area contributed by atoms with Gasteiger partial charge in [-0.15, -0.1) is 0 Å². The summed E-state index contributed by atoms with van der Waals surface area (Å²) in [4.78, 5) is 29.0. The topological polar surface area (TPSA) is 172 Å². The van der Waals surface area contributed by atoms with Crippen molar-refractivity contribution in [3.8, 4) is 33.9 Å². The number of fused-ring (bicyclic) bond motifs is 2. The van der Waals surface area contributed by atoms with Crippen molar-refractivity contribution < 1.29 is 17.6 Å². The lowest BCUT2D eigenvalue weighted by Crippen LogP contribution is -2.20. The molecule has 0 aliphatic heterocycles. The Morgan fingerprint density at radius 2 is 1.88 bits per heavy atom. The summed E-state index contributed by atoms with van der Waals surface area (Å²) in [6, 6.07) is 13.1. The lowest BCUT2D eigenvalue weighted by atomic mass is 10.0. The molecule has 13 heteroatoms. The largest absolute Gasteiger partial charge is 0.353 e. The Kier molecular flexibility index (Phi) is 7.20. The summed E-state index contributed by atoms with van der Waals surface area (Å²) in [5.41, 5.74) is 12.0. The quantitative estimate of drug-likeness (QED) is 0.187. The van der Waals surface area contributed by atoms with Crippen molar-refractivity contribution in [3.63, 3.8) is 0 Å². The van der Waals surface area contributed by atoms with E-state index in [0.29, 0.717) is 62.4 Å². The number of nitrogens with zero attached hydrogens (tertiary/aromatic N) is 4.